The second kappa shape index (κ2) is 46.2. The van der Waals surface area contributed by atoms with E-state index < -0.39 is 206 Å². The summed E-state index contributed by atoms with van der Waals surface area (Å²) in [6.45, 7) is 50.2. The lowest BCUT2D eigenvalue weighted by Crippen LogP contribution is -2.58. The van der Waals surface area contributed by atoms with E-state index in [1.54, 1.807) is 208 Å². The summed E-state index contributed by atoms with van der Waals surface area (Å²) in [6, 6.07) is -1.44. The van der Waals surface area contributed by atoms with Crippen molar-refractivity contribution < 1.29 is 114 Å². The Bertz CT molecular complexity index is 2740. The van der Waals surface area contributed by atoms with Gasteiger partial charge in [0, 0.05) is 99.2 Å². The molecule has 30 heteroatoms. The Labute approximate surface area is 699 Å². The molecule has 0 aromatic carbocycles. The van der Waals surface area contributed by atoms with Gasteiger partial charge in [-0.3, -0.25) is 62.3 Å². The second-order valence-electron chi connectivity index (χ2n) is 41.0. The van der Waals surface area contributed by atoms with Crippen LogP contribution in [0.5, 0.6) is 0 Å². The summed E-state index contributed by atoms with van der Waals surface area (Å²) < 4.78 is 57.4. The summed E-state index contributed by atoms with van der Waals surface area (Å²) in [5, 5.41) is 15.0. The van der Waals surface area contributed by atoms with Crippen LogP contribution in [0.2, 0.25) is 0 Å². The van der Waals surface area contributed by atoms with E-state index in [1.807, 2.05) is 0 Å². The standard InChI is InChI=1S/C87H154N6O24/c1-74(2,3)108-63(97)37-49-84(50-38-64(98)109-75(4,5)6,51-39-65(99)110-76(7,8)9)90-60(94)34-46-87(93-72(106)59(33-31-32-58-88)89-73(107)117-83(28,29)30,47-35-61(95)91-85(52-40-66(100)111-77(10,11)12,53-41-67(101)112-78(13,14)15)54-42-68(102)113-79(16,17)18)48-36-62(96)92-86(55-43-69(103)114-80(19,20)21,56-44-70(104)115-81(22,23)24)57-45-71(105)116-82(25,26)27/h59H,31-58,88H2,1-30H3,(H,89,107)(H,90,94)(H,91,95)(H,92,96)(H,93,106)/t59-/m1/s1. The Kier molecular flexibility index (Phi) is 43.2. The topological polar surface area (TPSA) is 417 Å². The Balaban J connectivity index is 9.82. The van der Waals surface area contributed by atoms with Crippen molar-refractivity contribution in [2.24, 2.45) is 5.73 Å². The number of unbranched alkanes of at least 4 members (excludes halogenated alkanes) is 1. The molecule has 0 aromatic rings. The van der Waals surface area contributed by atoms with Gasteiger partial charge in [0.25, 0.3) is 0 Å². The molecular weight excluding hydrogens is 1510 g/mol. The van der Waals surface area contributed by atoms with Crippen molar-refractivity contribution >= 4 is 83.4 Å². The monoisotopic (exact) mass is 1670 g/mol. The normalized spacial score (nSPS) is 13.3. The van der Waals surface area contributed by atoms with Gasteiger partial charge in [0.2, 0.25) is 23.6 Å². The Morgan fingerprint density at radius 3 is 0.556 bits per heavy atom. The number of nitrogens with one attached hydrogen (secondary N) is 5. The van der Waals surface area contributed by atoms with Gasteiger partial charge in [0.1, 0.15) is 62.1 Å². The van der Waals surface area contributed by atoms with E-state index >= 15 is 19.2 Å². The van der Waals surface area contributed by atoms with Gasteiger partial charge in [-0.25, -0.2) is 4.79 Å². The fourth-order valence-electron chi connectivity index (χ4n) is 12.5. The summed E-state index contributed by atoms with van der Waals surface area (Å²) in [4.78, 5) is 201. The van der Waals surface area contributed by atoms with Crippen LogP contribution in [0.25, 0.3) is 0 Å². The molecule has 0 saturated heterocycles. The number of esters is 9. The lowest BCUT2D eigenvalue weighted by Gasteiger charge is -2.40. The SMILES string of the molecule is CC(C)(C)OC(=O)CCC(CCC(=O)OC(C)(C)C)(CCC(=O)OC(C)(C)C)NC(=O)CCC(CCC(=O)NC(CCC(=O)OC(C)(C)C)(CCC(=O)OC(C)(C)C)CCC(=O)OC(C)(C)C)(CCC(=O)NC(CCC(=O)OC(C)(C)C)(CCC(=O)OC(C)(C)C)CCC(=O)OC(C)(C)C)NC(=O)[C@@H](CCCCN)NC(=O)OC(C)(C)C. The van der Waals surface area contributed by atoms with E-state index in [9.17, 15) is 47.9 Å². The molecule has 0 unspecified atom stereocenters. The number of alkyl carbamates (subject to hydrolysis) is 1. The molecule has 0 fully saturated rings. The van der Waals surface area contributed by atoms with Crippen molar-refractivity contribution in [1.29, 1.82) is 0 Å². The lowest BCUT2D eigenvalue weighted by molar-refractivity contribution is -0.158. The van der Waals surface area contributed by atoms with Crippen LogP contribution in [-0.4, -0.2) is 174 Å². The molecule has 0 rings (SSSR count). The van der Waals surface area contributed by atoms with E-state index in [4.69, 9.17) is 53.1 Å². The number of hydrogen-bond acceptors (Lipinski definition) is 25. The van der Waals surface area contributed by atoms with Crippen molar-refractivity contribution in [2.45, 2.75) is 465 Å². The number of rotatable bonds is 46. The summed E-state index contributed by atoms with van der Waals surface area (Å²) in [6.07, 6.45) is -8.65. The summed E-state index contributed by atoms with van der Waals surface area (Å²) >= 11 is 0. The summed E-state index contributed by atoms with van der Waals surface area (Å²) in [7, 11) is 0. The highest BCUT2D eigenvalue weighted by molar-refractivity contribution is 5.87. The lowest BCUT2D eigenvalue weighted by atomic mass is 9.80. The quantitative estimate of drug-likeness (QED) is 0.0187. The molecule has 0 saturated carbocycles. The molecule has 0 aromatic heterocycles. The highest BCUT2D eigenvalue weighted by atomic mass is 16.6. The minimum Gasteiger partial charge on any atom is -0.460 e. The van der Waals surface area contributed by atoms with Crippen LogP contribution in [-0.2, 0) is 110 Å². The molecule has 117 heavy (non-hydrogen) atoms. The average molecular weight is 1670 g/mol. The van der Waals surface area contributed by atoms with Gasteiger partial charge >= 0.3 is 59.8 Å². The van der Waals surface area contributed by atoms with Crippen LogP contribution in [0.3, 0.4) is 0 Å². The van der Waals surface area contributed by atoms with E-state index in [2.05, 4.69) is 26.6 Å². The Hall–Kier alpha value is -7.66. The smallest absolute Gasteiger partial charge is 0.408 e. The maximum Gasteiger partial charge on any atom is 0.408 e. The largest absolute Gasteiger partial charge is 0.460 e. The molecule has 30 nitrogen and oxygen atoms in total. The first-order valence-electron chi connectivity index (χ1n) is 41.6. The number of hydrogen-bond donors (Lipinski definition) is 6. The molecule has 0 bridgehead atoms. The first kappa shape index (κ1) is 109. The third-order valence-electron chi connectivity index (χ3n) is 17.1. The molecule has 0 heterocycles. The zero-order valence-electron chi connectivity index (χ0n) is 77.3. The minimum absolute atomic E-state index is 0.0553. The highest BCUT2D eigenvalue weighted by Crippen LogP contribution is 2.36. The van der Waals surface area contributed by atoms with Crippen LogP contribution in [0.4, 0.5) is 4.79 Å². The molecule has 0 aliphatic rings. The predicted octanol–water partition coefficient (Wildman–Crippen LogP) is 13.9. The number of carbonyl (C=O) groups excluding carboxylic acids is 14. The number of carbonyl (C=O) groups is 14. The zero-order chi connectivity index (χ0) is 91.1. The molecule has 1 atom stereocenters. The molecule has 0 aliphatic carbocycles. The predicted molar refractivity (Wildman–Crippen MR) is 443 cm³/mol. The van der Waals surface area contributed by atoms with Gasteiger partial charge in [-0.15, -0.1) is 0 Å². The van der Waals surface area contributed by atoms with E-state index in [0.717, 1.165) is 0 Å². The van der Waals surface area contributed by atoms with Crippen molar-refractivity contribution in [3.63, 3.8) is 0 Å². The van der Waals surface area contributed by atoms with Gasteiger partial charge in [0.05, 0.1) is 0 Å². The Morgan fingerprint density at radius 1 is 0.231 bits per heavy atom. The third kappa shape index (κ3) is 56.4. The highest BCUT2D eigenvalue weighted by Gasteiger charge is 2.44. The maximum atomic E-state index is 15.8. The van der Waals surface area contributed by atoms with Crippen molar-refractivity contribution in [3.8, 4) is 0 Å². The summed E-state index contributed by atoms with van der Waals surface area (Å²) in [5.41, 5.74) is -10.6. The second-order valence-corrected chi connectivity index (χ2v) is 41.0. The van der Waals surface area contributed by atoms with Gasteiger partial charge in [-0.05, 0) is 311 Å². The van der Waals surface area contributed by atoms with Crippen LogP contribution in [0.15, 0.2) is 0 Å². The number of nitrogens with two attached hydrogens (primary N) is 1. The molecule has 5 amide bonds. The maximum absolute atomic E-state index is 15.8. The van der Waals surface area contributed by atoms with Crippen molar-refractivity contribution in [2.75, 3.05) is 6.54 Å². The molecule has 7 N–H and O–H groups in total. The van der Waals surface area contributed by atoms with Crippen LogP contribution < -0.4 is 32.3 Å². The average Bonchev–Trinajstić information content (AvgIpc) is 0.812. The van der Waals surface area contributed by atoms with Gasteiger partial charge in [-0.2, -0.15) is 0 Å². The first-order chi connectivity index (χ1) is 52.7. The van der Waals surface area contributed by atoms with Gasteiger partial charge in [0.15, 0.2) is 0 Å². The number of amides is 5. The molecule has 0 radical (unpaired) electrons. The van der Waals surface area contributed by atoms with E-state index in [0.29, 0.717) is 6.42 Å². The van der Waals surface area contributed by atoms with Crippen LogP contribution in [0, 0.1) is 0 Å². The fourth-order valence-corrected chi connectivity index (χ4v) is 12.5. The Morgan fingerprint density at radius 2 is 0.393 bits per heavy atom. The van der Waals surface area contributed by atoms with E-state index in [1.165, 1.54) is 0 Å². The summed E-state index contributed by atoms with van der Waals surface area (Å²) in [5.74, 6) is -9.36. The van der Waals surface area contributed by atoms with Gasteiger partial charge < -0.3 is 79.7 Å². The van der Waals surface area contributed by atoms with E-state index in [-0.39, 0.29) is 135 Å². The molecule has 0 spiro atoms. The van der Waals surface area contributed by atoms with Crippen molar-refractivity contribution in [3.05, 3.63) is 0 Å². The molecule has 0 aliphatic heterocycles. The first-order valence-corrected chi connectivity index (χ1v) is 41.6. The van der Waals surface area contributed by atoms with Crippen LogP contribution >= 0.6 is 0 Å². The number of ether oxygens (including phenoxy) is 10. The molecule has 676 valence electrons. The third-order valence-corrected chi connectivity index (χ3v) is 17.1. The minimum atomic E-state index is -1.96. The fraction of sp³-hybridized carbons (Fsp3) is 0.839. The zero-order valence-corrected chi connectivity index (χ0v) is 77.3. The van der Waals surface area contributed by atoms with Gasteiger partial charge in [-0.1, -0.05) is 0 Å². The van der Waals surface area contributed by atoms with Crippen molar-refractivity contribution in [1.82, 2.24) is 26.6 Å². The van der Waals surface area contributed by atoms with Crippen LogP contribution in [0.1, 0.15) is 381 Å². The molecular formula is C87H154N6O24.